The summed E-state index contributed by atoms with van der Waals surface area (Å²) in [6.45, 7) is -1.19. The van der Waals surface area contributed by atoms with Crippen molar-refractivity contribution < 1.29 is 36.0 Å². The molecule has 28 heavy (non-hydrogen) atoms. The zero-order valence-corrected chi connectivity index (χ0v) is 14.7. The first-order chi connectivity index (χ1) is 13.0. The molecule has 1 heterocycles. The summed E-state index contributed by atoms with van der Waals surface area (Å²) in [6.07, 6.45) is -8.05. The third-order valence-corrected chi connectivity index (χ3v) is 3.97. The van der Waals surface area contributed by atoms with Gasteiger partial charge in [0.1, 0.15) is 6.61 Å². The predicted octanol–water partition coefficient (Wildman–Crippen LogP) is 3.35. The van der Waals surface area contributed by atoms with Crippen molar-refractivity contribution in [1.29, 1.82) is 0 Å². The number of alkyl halides is 6. The Hall–Kier alpha value is -2.30. The standard InChI is InChI=1S/C17H19F6N3O2/c18-16(19,20)11-24-9-15(27)26-6-4-14(5-7-26)25-28-10-12-2-1-3-13(8-12)17(21,22)23/h1-3,8,24H,4-7,9-11H2. The zero-order chi connectivity index (χ0) is 20.8. The molecule has 0 aliphatic carbocycles. The lowest BCUT2D eigenvalue weighted by molar-refractivity contribution is -0.138. The van der Waals surface area contributed by atoms with Gasteiger partial charge in [-0.3, -0.25) is 4.79 Å². The lowest BCUT2D eigenvalue weighted by Crippen LogP contribution is -2.44. The van der Waals surface area contributed by atoms with Crippen LogP contribution in [0.4, 0.5) is 26.3 Å². The molecule has 0 atom stereocenters. The summed E-state index contributed by atoms with van der Waals surface area (Å²) < 4.78 is 74.1. The Labute approximate surface area is 157 Å². The van der Waals surface area contributed by atoms with Crippen molar-refractivity contribution in [2.75, 3.05) is 26.2 Å². The number of halogens is 6. The fraction of sp³-hybridized carbons (Fsp3) is 0.529. The second kappa shape index (κ2) is 9.26. The molecule has 156 valence electrons. The van der Waals surface area contributed by atoms with Gasteiger partial charge in [0.05, 0.1) is 24.4 Å². The molecule has 1 N–H and O–H groups in total. The van der Waals surface area contributed by atoms with Crippen LogP contribution < -0.4 is 5.32 Å². The Morgan fingerprint density at radius 3 is 2.43 bits per heavy atom. The molecule has 0 aromatic heterocycles. The van der Waals surface area contributed by atoms with Crippen LogP contribution in [0.5, 0.6) is 0 Å². The first-order valence-electron chi connectivity index (χ1n) is 8.44. The van der Waals surface area contributed by atoms with Crippen LogP contribution in [0.15, 0.2) is 29.4 Å². The number of carbonyl (C=O) groups is 1. The van der Waals surface area contributed by atoms with Crippen LogP contribution in [0.3, 0.4) is 0 Å². The van der Waals surface area contributed by atoms with Crippen molar-refractivity contribution in [3.63, 3.8) is 0 Å². The topological polar surface area (TPSA) is 53.9 Å². The van der Waals surface area contributed by atoms with Crippen LogP contribution in [0.2, 0.25) is 0 Å². The SMILES string of the molecule is O=C(CNCC(F)(F)F)N1CCC(=NOCc2cccc(C(F)(F)F)c2)CC1. The summed E-state index contributed by atoms with van der Waals surface area (Å²) in [5, 5.41) is 5.94. The molecular weight excluding hydrogens is 392 g/mol. The van der Waals surface area contributed by atoms with Crippen molar-refractivity contribution >= 4 is 11.6 Å². The normalized spacial score (nSPS) is 15.5. The summed E-state index contributed by atoms with van der Waals surface area (Å²) in [6, 6.07) is 4.72. The minimum absolute atomic E-state index is 0.128. The summed E-state index contributed by atoms with van der Waals surface area (Å²) in [7, 11) is 0. The largest absolute Gasteiger partial charge is 0.416 e. The van der Waals surface area contributed by atoms with Crippen molar-refractivity contribution in [3.05, 3.63) is 35.4 Å². The van der Waals surface area contributed by atoms with Gasteiger partial charge in [0, 0.05) is 25.9 Å². The Morgan fingerprint density at radius 1 is 1.14 bits per heavy atom. The van der Waals surface area contributed by atoms with Crippen LogP contribution >= 0.6 is 0 Å². The van der Waals surface area contributed by atoms with Gasteiger partial charge < -0.3 is 15.1 Å². The lowest BCUT2D eigenvalue weighted by atomic mass is 10.1. The van der Waals surface area contributed by atoms with E-state index >= 15 is 0 Å². The maximum atomic E-state index is 12.7. The molecule has 0 spiro atoms. The van der Waals surface area contributed by atoms with Crippen molar-refractivity contribution in [2.24, 2.45) is 5.16 Å². The van der Waals surface area contributed by atoms with Gasteiger partial charge >= 0.3 is 12.4 Å². The molecule has 2 rings (SSSR count). The van der Waals surface area contributed by atoms with Gasteiger partial charge in [0.15, 0.2) is 0 Å². The number of piperidine rings is 1. The van der Waals surface area contributed by atoms with Gasteiger partial charge in [-0.2, -0.15) is 26.3 Å². The average Bonchev–Trinajstić information content (AvgIpc) is 2.61. The number of amides is 1. The number of nitrogens with zero attached hydrogens (tertiary/aromatic N) is 2. The van der Waals surface area contributed by atoms with Crippen LogP contribution in [-0.4, -0.2) is 48.9 Å². The van der Waals surface area contributed by atoms with E-state index in [0.717, 1.165) is 12.1 Å². The van der Waals surface area contributed by atoms with E-state index in [-0.39, 0.29) is 19.7 Å². The first-order valence-corrected chi connectivity index (χ1v) is 8.44. The van der Waals surface area contributed by atoms with E-state index in [1.807, 2.05) is 5.32 Å². The monoisotopic (exact) mass is 411 g/mol. The number of likely N-dealkylation sites (tertiary alicyclic amines) is 1. The molecule has 1 saturated heterocycles. The highest BCUT2D eigenvalue weighted by Gasteiger charge is 2.30. The third-order valence-electron chi connectivity index (χ3n) is 3.97. The zero-order valence-electron chi connectivity index (χ0n) is 14.7. The average molecular weight is 411 g/mol. The predicted molar refractivity (Wildman–Crippen MR) is 88.4 cm³/mol. The molecule has 5 nitrogen and oxygen atoms in total. The van der Waals surface area contributed by atoms with Gasteiger partial charge in [-0.1, -0.05) is 17.3 Å². The van der Waals surface area contributed by atoms with Gasteiger partial charge in [0.2, 0.25) is 5.91 Å². The molecule has 1 amide bonds. The van der Waals surface area contributed by atoms with E-state index in [0.29, 0.717) is 24.1 Å². The van der Waals surface area contributed by atoms with Gasteiger partial charge in [-0.25, -0.2) is 0 Å². The number of rotatable bonds is 6. The minimum atomic E-state index is -4.43. The molecule has 0 bridgehead atoms. The van der Waals surface area contributed by atoms with Crippen LogP contribution in [0, 0.1) is 0 Å². The molecule has 0 radical (unpaired) electrons. The number of hydrogen-bond acceptors (Lipinski definition) is 4. The van der Waals surface area contributed by atoms with E-state index in [2.05, 4.69) is 5.16 Å². The minimum Gasteiger partial charge on any atom is -0.391 e. The fourth-order valence-electron chi connectivity index (χ4n) is 2.56. The number of benzene rings is 1. The molecule has 1 aromatic carbocycles. The number of nitrogens with one attached hydrogen (secondary N) is 1. The highest BCUT2D eigenvalue weighted by molar-refractivity contribution is 5.87. The third kappa shape index (κ3) is 7.37. The van der Waals surface area contributed by atoms with E-state index in [9.17, 15) is 31.1 Å². The highest BCUT2D eigenvalue weighted by atomic mass is 19.4. The molecule has 11 heteroatoms. The van der Waals surface area contributed by atoms with Crippen molar-refractivity contribution in [1.82, 2.24) is 10.2 Å². The second-order valence-corrected chi connectivity index (χ2v) is 6.23. The van der Waals surface area contributed by atoms with Crippen LogP contribution in [0.25, 0.3) is 0 Å². The molecule has 0 unspecified atom stereocenters. The van der Waals surface area contributed by atoms with Crippen LogP contribution in [-0.2, 0) is 22.4 Å². The lowest BCUT2D eigenvalue weighted by Gasteiger charge is -2.27. The molecule has 1 aliphatic rings. The van der Waals surface area contributed by atoms with E-state index in [4.69, 9.17) is 4.84 Å². The van der Waals surface area contributed by atoms with E-state index < -0.39 is 36.9 Å². The highest BCUT2D eigenvalue weighted by Crippen LogP contribution is 2.29. The van der Waals surface area contributed by atoms with Crippen molar-refractivity contribution in [3.8, 4) is 0 Å². The van der Waals surface area contributed by atoms with Crippen molar-refractivity contribution in [2.45, 2.75) is 31.8 Å². The van der Waals surface area contributed by atoms with Crippen LogP contribution in [0.1, 0.15) is 24.0 Å². The van der Waals surface area contributed by atoms with Gasteiger partial charge in [0.25, 0.3) is 0 Å². The maximum Gasteiger partial charge on any atom is 0.416 e. The molecule has 1 aromatic rings. The Kier molecular flexibility index (Phi) is 7.28. The van der Waals surface area contributed by atoms with Gasteiger partial charge in [-0.15, -0.1) is 0 Å². The van der Waals surface area contributed by atoms with E-state index in [1.54, 1.807) is 0 Å². The number of oxime groups is 1. The Morgan fingerprint density at radius 2 is 1.82 bits per heavy atom. The van der Waals surface area contributed by atoms with Gasteiger partial charge in [-0.05, 0) is 17.7 Å². The maximum absolute atomic E-state index is 12.7. The number of hydrogen-bond donors (Lipinski definition) is 1. The summed E-state index contributed by atoms with van der Waals surface area (Å²) in [5.41, 5.74) is 0.189. The summed E-state index contributed by atoms with van der Waals surface area (Å²) in [4.78, 5) is 18.4. The Balaban J connectivity index is 1.74. The Bertz CT molecular complexity index is 693. The quantitative estimate of drug-likeness (QED) is 0.577. The summed E-state index contributed by atoms with van der Waals surface area (Å²) >= 11 is 0. The molecular formula is C17H19F6N3O2. The molecule has 0 saturated carbocycles. The molecule has 1 aliphatic heterocycles. The fourth-order valence-corrected chi connectivity index (χ4v) is 2.56. The first kappa shape index (κ1) is 22.0. The molecule has 1 fully saturated rings. The van der Waals surface area contributed by atoms with E-state index in [1.165, 1.54) is 17.0 Å². The second-order valence-electron chi connectivity index (χ2n) is 6.23. The number of carbonyl (C=O) groups excluding carboxylic acids is 1. The smallest absolute Gasteiger partial charge is 0.391 e. The summed E-state index contributed by atoms with van der Waals surface area (Å²) in [5.74, 6) is -0.437.